The lowest BCUT2D eigenvalue weighted by atomic mass is 9.89. The van der Waals surface area contributed by atoms with Gasteiger partial charge in [0, 0.05) is 0 Å². The molecular formula is C9HF17O. The van der Waals surface area contributed by atoms with Gasteiger partial charge in [-0.15, -0.1) is 0 Å². The number of alkyl halides is 17. The Morgan fingerprint density at radius 2 is 0.741 bits per heavy atom. The maximum atomic E-state index is 13.0. The van der Waals surface area contributed by atoms with Gasteiger partial charge in [-0.25, -0.2) is 9.13 Å². The molecule has 1 atom stereocenters. The van der Waals surface area contributed by atoms with Crippen molar-refractivity contribution in [3.63, 3.8) is 0 Å². The van der Waals surface area contributed by atoms with Gasteiger partial charge in [-0.3, -0.25) is 0 Å². The molecular weight excluding hydrogens is 447 g/mol. The third-order valence-electron chi connectivity index (χ3n) is 3.25. The second-order valence-corrected chi connectivity index (χ2v) is 5.04. The molecule has 0 aliphatic carbocycles. The van der Waals surface area contributed by atoms with Crippen LogP contribution in [0.4, 0.5) is 74.6 Å². The summed E-state index contributed by atoms with van der Waals surface area (Å²) in [5, 5.41) is 0. The van der Waals surface area contributed by atoms with Crippen LogP contribution in [-0.4, -0.2) is 53.9 Å². The lowest BCUT2D eigenvalue weighted by molar-refractivity contribution is -0.524. The summed E-state index contributed by atoms with van der Waals surface area (Å²) in [6.45, 7) is 0. The molecule has 162 valence electrons. The van der Waals surface area contributed by atoms with E-state index in [1.807, 2.05) is 0 Å². The van der Waals surface area contributed by atoms with E-state index in [1.54, 1.807) is 0 Å². The van der Waals surface area contributed by atoms with Crippen molar-refractivity contribution >= 4 is 0 Å². The molecule has 1 unspecified atom stereocenters. The molecule has 0 saturated carbocycles. The molecule has 0 aromatic heterocycles. The Labute approximate surface area is 135 Å². The average molecular weight is 448 g/mol. The molecule has 0 radical (unpaired) electrons. The molecule has 0 amide bonds. The second-order valence-electron chi connectivity index (χ2n) is 5.04. The van der Waals surface area contributed by atoms with E-state index in [0.717, 1.165) is 0 Å². The molecule has 1 rings (SSSR count). The summed E-state index contributed by atoms with van der Waals surface area (Å²) in [7, 11) is 0. The number of ether oxygens (including phenoxy) is 1. The van der Waals surface area contributed by atoms with Crippen molar-refractivity contribution in [2.75, 3.05) is 0 Å². The van der Waals surface area contributed by atoms with Crippen LogP contribution in [0.2, 0.25) is 0 Å². The van der Waals surface area contributed by atoms with E-state index in [4.69, 9.17) is 0 Å². The van der Waals surface area contributed by atoms with Crippen LogP contribution in [0.15, 0.2) is 0 Å². The first kappa shape index (κ1) is 23.8. The molecule has 0 N–H and O–H groups in total. The van der Waals surface area contributed by atoms with Gasteiger partial charge in [0.15, 0.2) is 0 Å². The SMILES string of the molecule is FC1C(F)(F)C(F)(F)OC(F)(F)C(F)(F)C(F)(F)C(F)(F)C(F)(F)C1(F)F. The first-order chi connectivity index (χ1) is 11.4. The molecule has 1 aliphatic rings. The minimum absolute atomic E-state index is 1.29. The van der Waals surface area contributed by atoms with Gasteiger partial charge in [0.1, 0.15) is 0 Å². The summed E-state index contributed by atoms with van der Waals surface area (Å²) in [6.07, 6.45) is -21.9. The molecule has 0 aromatic rings. The molecule has 0 bridgehead atoms. The normalized spacial score (nSPS) is 35.2. The van der Waals surface area contributed by atoms with Gasteiger partial charge in [0.05, 0.1) is 0 Å². The zero-order chi connectivity index (χ0) is 22.3. The van der Waals surface area contributed by atoms with E-state index in [0.29, 0.717) is 0 Å². The van der Waals surface area contributed by atoms with Crippen LogP contribution < -0.4 is 0 Å². The van der Waals surface area contributed by atoms with Crippen molar-refractivity contribution in [2.45, 2.75) is 53.9 Å². The third kappa shape index (κ3) is 2.56. The van der Waals surface area contributed by atoms with Gasteiger partial charge in [-0.1, -0.05) is 0 Å². The van der Waals surface area contributed by atoms with E-state index in [1.165, 1.54) is 4.74 Å². The predicted molar refractivity (Wildman–Crippen MR) is 45.6 cm³/mol. The number of rotatable bonds is 0. The van der Waals surface area contributed by atoms with Gasteiger partial charge in [-0.05, 0) is 0 Å². The average Bonchev–Trinajstić information content (AvgIpc) is 2.42. The lowest BCUT2D eigenvalue weighted by Crippen LogP contribution is -2.76. The van der Waals surface area contributed by atoms with E-state index < -0.39 is 53.9 Å². The van der Waals surface area contributed by atoms with E-state index >= 15 is 0 Å². The maximum Gasteiger partial charge on any atom is 0.430 e. The second kappa shape index (κ2) is 5.43. The summed E-state index contributed by atoms with van der Waals surface area (Å²) in [4.78, 5) is 0. The fourth-order valence-electron chi connectivity index (χ4n) is 1.61. The van der Waals surface area contributed by atoms with Crippen LogP contribution in [0.3, 0.4) is 0 Å². The largest absolute Gasteiger partial charge is 0.430 e. The fourth-order valence-corrected chi connectivity index (χ4v) is 1.61. The van der Waals surface area contributed by atoms with Crippen molar-refractivity contribution < 1.29 is 79.4 Å². The summed E-state index contributed by atoms with van der Waals surface area (Å²) < 4.78 is 221. The van der Waals surface area contributed by atoms with Crippen molar-refractivity contribution in [3.05, 3.63) is 0 Å². The number of halogens is 17. The van der Waals surface area contributed by atoms with Gasteiger partial charge in [0.2, 0.25) is 6.17 Å². The smallest absolute Gasteiger partial charge is 0.245 e. The summed E-state index contributed by atoms with van der Waals surface area (Å²) in [5.41, 5.74) is 0. The van der Waals surface area contributed by atoms with Crippen LogP contribution in [0.25, 0.3) is 0 Å². The Kier molecular flexibility index (Phi) is 4.79. The van der Waals surface area contributed by atoms with Crippen LogP contribution >= 0.6 is 0 Å². The van der Waals surface area contributed by atoms with Gasteiger partial charge >= 0.3 is 47.8 Å². The van der Waals surface area contributed by atoms with Gasteiger partial charge in [-0.2, -0.15) is 70.2 Å². The standard InChI is InChI=1S/C9HF17O/c10-1-2(11,12)4(15,16)5(17,18)6(19,20)7(21,22)9(25,26)27-8(23,24)3(1,13)14/h1H. The molecule has 0 aromatic carbocycles. The Hall–Kier alpha value is -1.23. The highest BCUT2D eigenvalue weighted by molar-refractivity contribution is 5.15. The first-order valence-corrected chi connectivity index (χ1v) is 5.73. The highest BCUT2D eigenvalue weighted by Gasteiger charge is 2.95. The van der Waals surface area contributed by atoms with E-state index in [2.05, 4.69) is 0 Å². The monoisotopic (exact) mass is 448 g/mol. The predicted octanol–water partition coefficient (Wildman–Crippen LogP) is 5.35. The highest BCUT2D eigenvalue weighted by atomic mass is 19.4. The highest BCUT2D eigenvalue weighted by Crippen LogP contribution is 2.64. The Balaban J connectivity index is 4.00. The molecule has 1 aliphatic heterocycles. The summed E-state index contributed by atoms with van der Waals surface area (Å²) in [5.74, 6) is -48.7. The molecule has 0 spiro atoms. The molecule has 18 heteroatoms. The minimum Gasteiger partial charge on any atom is -0.245 e. The van der Waals surface area contributed by atoms with Crippen molar-refractivity contribution in [1.82, 2.24) is 0 Å². The maximum absolute atomic E-state index is 13.0. The number of hydrogen-bond donors (Lipinski definition) is 0. The fraction of sp³-hybridized carbons (Fsp3) is 1.00. The van der Waals surface area contributed by atoms with Gasteiger partial charge < -0.3 is 0 Å². The van der Waals surface area contributed by atoms with Crippen molar-refractivity contribution in [2.24, 2.45) is 0 Å². The van der Waals surface area contributed by atoms with Crippen LogP contribution in [0.1, 0.15) is 0 Å². The van der Waals surface area contributed by atoms with Crippen molar-refractivity contribution in [3.8, 4) is 0 Å². The lowest BCUT2D eigenvalue weighted by Gasteiger charge is -2.45. The van der Waals surface area contributed by atoms with Crippen LogP contribution in [0.5, 0.6) is 0 Å². The molecule has 1 heterocycles. The third-order valence-corrected chi connectivity index (χ3v) is 3.25. The van der Waals surface area contributed by atoms with E-state index in [9.17, 15) is 74.6 Å². The quantitative estimate of drug-likeness (QED) is 0.454. The molecule has 1 saturated heterocycles. The van der Waals surface area contributed by atoms with Crippen molar-refractivity contribution in [1.29, 1.82) is 0 Å². The number of hydrogen-bond acceptors (Lipinski definition) is 1. The summed E-state index contributed by atoms with van der Waals surface area (Å²) in [6, 6.07) is 0. The Morgan fingerprint density at radius 1 is 0.407 bits per heavy atom. The topological polar surface area (TPSA) is 9.23 Å². The minimum atomic E-state index is -8.37. The Bertz CT molecular complexity index is 591. The summed E-state index contributed by atoms with van der Waals surface area (Å²) >= 11 is 0. The zero-order valence-electron chi connectivity index (χ0n) is 11.4. The molecule has 1 nitrogen and oxygen atoms in total. The first-order valence-electron chi connectivity index (χ1n) is 5.73. The van der Waals surface area contributed by atoms with Crippen LogP contribution in [-0.2, 0) is 4.74 Å². The molecule has 27 heavy (non-hydrogen) atoms. The zero-order valence-corrected chi connectivity index (χ0v) is 11.4. The van der Waals surface area contributed by atoms with Gasteiger partial charge in [0.25, 0.3) is 0 Å². The van der Waals surface area contributed by atoms with E-state index in [-0.39, 0.29) is 0 Å². The molecule has 1 fully saturated rings. The van der Waals surface area contributed by atoms with Crippen LogP contribution in [0, 0.1) is 0 Å². The Morgan fingerprint density at radius 3 is 1.11 bits per heavy atom.